The molecule has 2 aliphatic rings. The highest BCUT2D eigenvalue weighted by Crippen LogP contribution is 2.44. The first kappa shape index (κ1) is 29.3. The molecule has 1 aliphatic heterocycles. The van der Waals surface area contributed by atoms with Crippen molar-refractivity contribution in [3.05, 3.63) is 99.5 Å². The van der Waals surface area contributed by atoms with Crippen molar-refractivity contribution in [3.8, 4) is 5.75 Å². The third-order valence-corrected chi connectivity index (χ3v) is 9.17. The number of Topliss-reactive ketones (excluding diaryl/α,β-unsaturated/α-hetero) is 1. The second-order valence-electron chi connectivity index (χ2n) is 12.8. The number of ketones is 1. The van der Waals surface area contributed by atoms with Crippen LogP contribution in [-0.2, 0) is 12.8 Å². The molecule has 3 aromatic rings. The lowest BCUT2D eigenvalue weighted by Crippen LogP contribution is -2.35. The maximum Gasteiger partial charge on any atom is 0.250 e. The number of aryl methyl sites for hydroxylation is 1. The van der Waals surface area contributed by atoms with E-state index in [0.29, 0.717) is 18.4 Å². The van der Waals surface area contributed by atoms with E-state index in [1.165, 1.54) is 17.2 Å². The molecular weight excluding hydrogens is 510 g/mol. The van der Waals surface area contributed by atoms with Gasteiger partial charge < -0.3 is 14.4 Å². The molecule has 1 aromatic heterocycles. The first-order chi connectivity index (χ1) is 19.7. The highest BCUT2D eigenvalue weighted by atomic mass is 16.5. The first-order valence-electron chi connectivity index (χ1n) is 15.5. The number of pyridine rings is 1. The van der Waals surface area contributed by atoms with Crippen molar-refractivity contribution in [1.82, 2.24) is 4.57 Å². The lowest BCUT2D eigenvalue weighted by Gasteiger charge is -2.38. The van der Waals surface area contributed by atoms with E-state index >= 15 is 0 Å². The normalized spacial score (nSPS) is 19.8. The quantitative estimate of drug-likeness (QED) is 0.250. The van der Waals surface area contributed by atoms with Crippen LogP contribution in [0.15, 0.2) is 71.7 Å². The number of hydrogen-bond acceptors (Lipinski definition) is 4. The van der Waals surface area contributed by atoms with Gasteiger partial charge in [-0.3, -0.25) is 9.59 Å². The van der Waals surface area contributed by atoms with Gasteiger partial charge >= 0.3 is 0 Å². The van der Waals surface area contributed by atoms with Gasteiger partial charge in [0.15, 0.2) is 5.78 Å². The fraction of sp³-hybridized carbons (Fsp3) is 0.500. The molecule has 0 bridgehead atoms. The fourth-order valence-corrected chi connectivity index (χ4v) is 6.89. The third-order valence-electron chi connectivity index (χ3n) is 9.17. The number of benzene rings is 2. The smallest absolute Gasteiger partial charge is 0.250 e. The molecular formula is C36H45NO4. The van der Waals surface area contributed by atoms with E-state index in [1.54, 1.807) is 16.8 Å². The summed E-state index contributed by atoms with van der Waals surface area (Å²) in [6, 6.07) is 20.0. The molecule has 218 valence electrons. The largest absolute Gasteiger partial charge is 0.488 e. The van der Waals surface area contributed by atoms with Crippen LogP contribution in [-0.4, -0.2) is 27.2 Å². The van der Waals surface area contributed by atoms with Crippen molar-refractivity contribution in [3.63, 3.8) is 0 Å². The molecule has 2 aromatic carbocycles. The van der Waals surface area contributed by atoms with Crippen LogP contribution in [0.25, 0.3) is 0 Å². The van der Waals surface area contributed by atoms with E-state index in [0.717, 1.165) is 56.3 Å². The van der Waals surface area contributed by atoms with E-state index in [9.17, 15) is 14.7 Å². The molecule has 0 saturated heterocycles. The minimum Gasteiger partial charge on any atom is -0.488 e. The second-order valence-corrected chi connectivity index (χ2v) is 12.8. The van der Waals surface area contributed by atoms with E-state index < -0.39 is 6.10 Å². The summed E-state index contributed by atoms with van der Waals surface area (Å²) >= 11 is 0. The molecule has 1 N–H and O–H groups in total. The number of rotatable bonds is 11. The Hall–Kier alpha value is -3.18. The Morgan fingerprint density at radius 2 is 1.80 bits per heavy atom. The zero-order chi connectivity index (χ0) is 29.0. The van der Waals surface area contributed by atoms with Gasteiger partial charge in [0, 0.05) is 30.3 Å². The van der Waals surface area contributed by atoms with Crippen molar-refractivity contribution in [2.45, 2.75) is 109 Å². The van der Waals surface area contributed by atoms with Gasteiger partial charge in [-0.2, -0.15) is 0 Å². The van der Waals surface area contributed by atoms with Crippen LogP contribution in [0.5, 0.6) is 5.75 Å². The molecule has 41 heavy (non-hydrogen) atoms. The summed E-state index contributed by atoms with van der Waals surface area (Å²) in [5.41, 5.74) is 3.91. The molecule has 5 rings (SSSR count). The van der Waals surface area contributed by atoms with E-state index in [4.69, 9.17) is 4.74 Å². The SMILES string of the molecule is CCc1ccc2c(c1)[C@@H](CC[C@@H](O)[C@@H](CC(=O)c1ccc(=O)n(C3CCCC3)c1)Cc1ccccc1)CC(C)(C)O2. The zero-order valence-corrected chi connectivity index (χ0v) is 24.9. The number of aliphatic hydroxyl groups is 1. The van der Waals surface area contributed by atoms with Crippen molar-refractivity contribution in [2.24, 2.45) is 5.92 Å². The lowest BCUT2D eigenvalue weighted by molar-refractivity contribution is 0.0565. The van der Waals surface area contributed by atoms with Crippen LogP contribution in [0.2, 0.25) is 0 Å². The Balaban J connectivity index is 1.33. The molecule has 0 radical (unpaired) electrons. The van der Waals surface area contributed by atoms with E-state index in [1.807, 2.05) is 18.2 Å². The van der Waals surface area contributed by atoms with Gasteiger partial charge in [-0.1, -0.05) is 62.2 Å². The number of carbonyl (C=O) groups is 1. The Morgan fingerprint density at radius 3 is 2.54 bits per heavy atom. The van der Waals surface area contributed by atoms with Crippen LogP contribution in [0.3, 0.4) is 0 Å². The highest BCUT2D eigenvalue weighted by Gasteiger charge is 2.35. The summed E-state index contributed by atoms with van der Waals surface area (Å²) in [6.07, 6.45) is 9.54. The monoisotopic (exact) mass is 555 g/mol. The topological polar surface area (TPSA) is 68.5 Å². The Bertz CT molecular complexity index is 1390. The fourth-order valence-electron chi connectivity index (χ4n) is 6.89. The third kappa shape index (κ3) is 7.19. The Kier molecular flexibility index (Phi) is 9.13. The van der Waals surface area contributed by atoms with Gasteiger partial charge in [0.05, 0.1) is 6.10 Å². The summed E-state index contributed by atoms with van der Waals surface area (Å²) in [7, 11) is 0. The number of nitrogens with zero attached hydrogens (tertiary/aromatic N) is 1. The second kappa shape index (κ2) is 12.8. The van der Waals surface area contributed by atoms with Crippen molar-refractivity contribution in [2.75, 3.05) is 0 Å². The number of aliphatic hydroxyl groups excluding tert-OH is 1. The minimum absolute atomic E-state index is 0.0122. The summed E-state index contributed by atoms with van der Waals surface area (Å²) in [5.74, 6) is 1.01. The first-order valence-corrected chi connectivity index (χ1v) is 15.5. The van der Waals surface area contributed by atoms with E-state index in [2.05, 4.69) is 51.1 Å². The van der Waals surface area contributed by atoms with E-state index in [-0.39, 0.29) is 41.2 Å². The molecule has 2 heterocycles. The molecule has 1 aliphatic carbocycles. The Labute approximate surface area is 244 Å². The average molecular weight is 556 g/mol. The highest BCUT2D eigenvalue weighted by molar-refractivity contribution is 5.96. The van der Waals surface area contributed by atoms with Gasteiger partial charge in [0.2, 0.25) is 0 Å². The lowest BCUT2D eigenvalue weighted by atomic mass is 9.78. The summed E-state index contributed by atoms with van der Waals surface area (Å²) in [4.78, 5) is 26.2. The molecule has 5 nitrogen and oxygen atoms in total. The molecule has 3 atom stereocenters. The van der Waals surface area contributed by atoms with Crippen LogP contribution >= 0.6 is 0 Å². The van der Waals surface area contributed by atoms with Gasteiger partial charge in [-0.05, 0) is 99.5 Å². The van der Waals surface area contributed by atoms with Gasteiger partial charge in [0.25, 0.3) is 5.56 Å². The number of hydrogen-bond donors (Lipinski definition) is 1. The standard InChI is InChI=1S/C36H45NO4/c1-4-25-14-18-34-31(21-25)27(23-36(2,3)41-34)15-17-32(38)29(20-26-10-6-5-7-11-26)22-33(39)28-16-19-35(40)37(24-28)30-12-8-9-13-30/h5-7,10-11,14,16,18-19,21,24,27,29-30,32,38H,4,8-9,12-13,15,17,20,22-23H2,1-3H3/t27-,29+,32+/m0/s1. The summed E-state index contributed by atoms with van der Waals surface area (Å²) in [6.45, 7) is 6.43. The number of ether oxygens (including phenoxy) is 1. The average Bonchev–Trinajstić information content (AvgIpc) is 3.50. The molecule has 5 heteroatoms. The molecule has 0 amide bonds. The predicted molar refractivity (Wildman–Crippen MR) is 164 cm³/mol. The van der Waals surface area contributed by atoms with Crippen LogP contribution in [0.4, 0.5) is 0 Å². The Morgan fingerprint density at radius 1 is 1.05 bits per heavy atom. The molecule has 0 unspecified atom stereocenters. The van der Waals surface area contributed by atoms with Gasteiger partial charge in [-0.15, -0.1) is 0 Å². The van der Waals surface area contributed by atoms with Crippen molar-refractivity contribution < 1.29 is 14.6 Å². The zero-order valence-electron chi connectivity index (χ0n) is 24.9. The molecule has 0 spiro atoms. The minimum atomic E-state index is -0.622. The summed E-state index contributed by atoms with van der Waals surface area (Å²) < 4.78 is 8.07. The van der Waals surface area contributed by atoms with Crippen molar-refractivity contribution >= 4 is 5.78 Å². The molecule has 1 saturated carbocycles. The van der Waals surface area contributed by atoms with Crippen LogP contribution in [0, 0.1) is 5.92 Å². The van der Waals surface area contributed by atoms with Crippen molar-refractivity contribution in [1.29, 1.82) is 0 Å². The van der Waals surface area contributed by atoms with Crippen LogP contribution < -0.4 is 10.3 Å². The van der Waals surface area contributed by atoms with Gasteiger partial charge in [-0.25, -0.2) is 0 Å². The number of fused-ring (bicyclic) bond motifs is 1. The number of carbonyl (C=O) groups excluding carboxylic acids is 1. The van der Waals surface area contributed by atoms with Gasteiger partial charge in [0.1, 0.15) is 11.4 Å². The molecule has 1 fully saturated rings. The number of aromatic nitrogens is 1. The maximum absolute atomic E-state index is 13.6. The summed E-state index contributed by atoms with van der Waals surface area (Å²) in [5, 5.41) is 11.6. The maximum atomic E-state index is 13.6. The van der Waals surface area contributed by atoms with Crippen LogP contribution in [0.1, 0.15) is 111 Å². The predicted octanol–water partition coefficient (Wildman–Crippen LogP) is 7.44.